The molecule has 0 saturated carbocycles. The van der Waals surface area contributed by atoms with Gasteiger partial charge in [0, 0.05) is 44.5 Å². The summed E-state index contributed by atoms with van der Waals surface area (Å²) in [5.41, 5.74) is 1.09. The fourth-order valence-corrected chi connectivity index (χ4v) is 3.10. The zero-order valence-corrected chi connectivity index (χ0v) is 15.6. The Bertz CT molecular complexity index is 631. The minimum Gasteiger partial charge on any atom is -0.395 e. The van der Waals surface area contributed by atoms with Gasteiger partial charge in [-0.1, -0.05) is 31.5 Å². The molecule has 0 bridgehead atoms. The molecule has 0 aliphatic carbocycles. The number of ether oxygens (including phenoxy) is 1. The minimum atomic E-state index is -0.627. The van der Waals surface area contributed by atoms with E-state index in [4.69, 9.17) is 4.74 Å². The van der Waals surface area contributed by atoms with Gasteiger partial charge in [-0.05, 0) is 23.9 Å². The van der Waals surface area contributed by atoms with Crippen molar-refractivity contribution >= 4 is 10.9 Å². The van der Waals surface area contributed by atoms with Crippen LogP contribution in [0.1, 0.15) is 19.8 Å². The average molecular weight is 364 g/mol. The zero-order valence-electron chi connectivity index (χ0n) is 15.6. The summed E-state index contributed by atoms with van der Waals surface area (Å²) in [5, 5.41) is 31.0. The van der Waals surface area contributed by atoms with E-state index in [1.54, 1.807) is 0 Å². The van der Waals surface area contributed by atoms with Gasteiger partial charge in [0.1, 0.15) is 0 Å². The van der Waals surface area contributed by atoms with Gasteiger partial charge >= 0.3 is 0 Å². The lowest BCUT2D eigenvalue weighted by molar-refractivity contribution is 0.00248. The van der Waals surface area contributed by atoms with Crippen LogP contribution in [0, 0.1) is 0 Å². The van der Waals surface area contributed by atoms with Gasteiger partial charge in [-0.25, -0.2) is 0 Å². The van der Waals surface area contributed by atoms with Gasteiger partial charge in [-0.15, -0.1) is 0 Å². The molecule has 2 atom stereocenters. The van der Waals surface area contributed by atoms with Gasteiger partial charge in [-0.2, -0.15) is 0 Å². The first kappa shape index (κ1) is 20.9. The quantitative estimate of drug-likeness (QED) is 0.469. The lowest BCUT2D eigenvalue weighted by Crippen LogP contribution is -2.42. The molecule has 0 saturated heterocycles. The lowest BCUT2D eigenvalue weighted by Gasteiger charge is -2.27. The van der Waals surface area contributed by atoms with Gasteiger partial charge in [0.05, 0.1) is 25.4 Å². The fourth-order valence-electron chi connectivity index (χ4n) is 3.10. The molecule has 1 aromatic carbocycles. The van der Waals surface area contributed by atoms with Crippen LogP contribution in [0.2, 0.25) is 0 Å². The second-order valence-electron chi connectivity index (χ2n) is 6.75. The molecule has 0 spiro atoms. The van der Waals surface area contributed by atoms with E-state index in [2.05, 4.69) is 6.92 Å². The molecule has 0 amide bonds. The van der Waals surface area contributed by atoms with E-state index in [9.17, 15) is 15.3 Å². The summed E-state index contributed by atoms with van der Waals surface area (Å²) < 4.78 is 7.48. The third-order valence-corrected chi connectivity index (χ3v) is 4.39. The number of benzene rings is 1. The molecule has 2 aromatic rings. The van der Waals surface area contributed by atoms with Crippen molar-refractivity contribution in [2.75, 3.05) is 39.5 Å². The number of nitrogens with zero attached hydrogens (tertiary/aromatic N) is 2. The molecule has 1 heterocycles. The standard InChI is InChI=1S/C20H32N2O4/c1-2-3-12-26-16-19(25)14-21(10-11-23)13-18(24)15-22-9-8-17-6-4-5-7-20(17)22/h4-9,18-19,23-25H,2-3,10-16H2,1H3/t18-,19-/m1/s1. The predicted octanol–water partition coefficient (Wildman–Crippen LogP) is 1.47. The highest BCUT2D eigenvalue weighted by atomic mass is 16.5. The number of para-hydroxylation sites is 1. The summed E-state index contributed by atoms with van der Waals surface area (Å²) in [6, 6.07) is 10.1. The molecule has 0 radical (unpaired) electrons. The summed E-state index contributed by atoms with van der Waals surface area (Å²) in [6.07, 6.45) is 2.80. The van der Waals surface area contributed by atoms with Crippen LogP contribution in [0.5, 0.6) is 0 Å². The minimum absolute atomic E-state index is 0.0113. The molecule has 0 aliphatic heterocycles. The number of rotatable bonds is 13. The SMILES string of the molecule is CCCCOC[C@H](O)CN(CCO)C[C@@H](O)Cn1ccc2ccccc21. The van der Waals surface area contributed by atoms with Gasteiger partial charge < -0.3 is 24.6 Å². The first-order valence-corrected chi connectivity index (χ1v) is 9.45. The van der Waals surface area contributed by atoms with Crippen LogP contribution >= 0.6 is 0 Å². The number of unbranched alkanes of at least 4 members (excludes halogenated alkanes) is 1. The Morgan fingerprint density at radius 3 is 2.65 bits per heavy atom. The maximum Gasteiger partial charge on any atom is 0.0900 e. The Labute approximate surface area is 155 Å². The summed E-state index contributed by atoms with van der Waals surface area (Å²) in [4.78, 5) is 1.88. The number of fused-ring (bicyclic) bond motifs is 1. The van der Waals surface area contributed by atoms with Crippen LogP contribution < -0.4 is 0 Å². The lowest BCUT2D eigenvalue weighted by atomic mass is 10.2. The highest BCUT2D eigenvalue weighted by Gasteiger charge is 2.16. The fraction of sp³-hybridized carbons (Fsp3) is 0.600. The van der Waals surface area contributed by atoms with Crippen LogP contribution in [0.3, 0.4) is 0 Å². The van der Waals surface area contributed by atoms with E-state index in [-0.39, 0.29) is 13.2 Å². The molecule has 3 N–H and O–H groups in total. The highest BCUT2D eigenvalue weighted by molar-refractivity contribution is 5.79. The summed E-state index contributed by atoms with van der Waals surface area (Å²) >= 11 is 0. The van der Waals surface area contributed by atoms with Gasteiger partial charge in [-0.3, -0.25) is 4.90 Å². The van der Waals surface area contributed by atoms with E-state index < -0.39 is 12.2 Å². The monoisotopic (exact) mass is 364 g/mol. The molecular formula is C20H32N2O4. The number of aliphatic hydroxyl groups is 3. The van der Waals surface area contributed by atoms with E-state index in [1.165, 1.54) is 0 Å². The molecule has 0 fully saturated rings. The van der Waals surface area contributed by atoms with Crippen molar-refractivity contribution in [3.05, 3.63) is 36.5 Å². The third kappa shape index (κ3) is 6.70. The van der Waals surface area contributed by atoms with Crippen LogP contribution in [-0.2, 0) is 11.3 Å². The first-order chi connectivity index (χ1) is 12.6. The molecule has 2 rings (SSSR count). The Hall–Kier alpha value is -1.44. The molecule has 0 aliphatic rings. The molecule has 26 heavy (non-hydrogen) atoms. The molecule has 1 aromatic heterocycles. The smallest absolute Gasteiger partial charge is 0.0900 e. The number of aliphatic hydroxyl groups excluding tert-OH is 3. The van der Waals surface area contributed by atoms with Crippen molar-refractivity contribution in [2.45, 2.75) is 38.5 Å². The molecule has 6 nitrogen and oxygen atoms in total. The average Bonchev–Trinajstić information content (AvgIpc) is 3.02. The Morgan fingerprint density at radius 2 is 1.88 bits per heavy atom. The van der Waals surface area contributed by atoms with E-state index in [0.29, 0.717) is 32.8 Å². The van der Waals surface area contributed by atoms with Crippen molar-refractivity contribution in [3.63, 3.8) is 0 Å². The Morgan fingerprint density at radius 1 is 1.12 bits per heavy atom. The maximum atomic E-state index is 10.5. The van der Waals surface area contributed by atoms with Crippen LogP contribution in [-0.4, -0.2) is 76.4 Å². The largest absolute Gasteiger partial charge is 0.395 e. The molecule has 6 heteroatoms. The molecular weight excluding hydrogens is 332 g/mol. The van der Waals surface area contributed by atoms with Gasteiger partial charge in [0.15, 0.2) is 0 Å². The number of hydrogen-bond donors (Lipinski definition) is 3. The van der Waals surface area contributed by atoms with Gasteiger partial charge in [0.2, 0.25) is 0 Å². The maximum absolute atomic E-state index is 10.5. The van der Waals surface area contributed by atoms with Crippen LogP contribution in [0.15, 0.2) is 36.5 Å². The zero-order chi connectivity index (χ0) is 18.8. The summed E-state index contributed by atoms with van der Waals surface area (Å²) in [5.74, 6) is 0. The Balaban J connectivity index is 1.83. The van der Waals surface area contributed by atoms with Crippen molar-refractivity contribution in [3.8, 4) is 0 Å². The second-order valence-corrected chi connectivity index (χ2v) is 6.75. The second kappa shape index (κ2) is 11.3. The first-order valence-electron chi connectivity index (χ1n) is 9.45. The van der Waals surface area contributed by atoms with Crippen molar-refractivity contribution in [1.29, 1.82) is 0 Å². The van der Waals surface area contributed by atoms with Crippen molar-refractivity contribution in [2.24, 2.45) is 0 Å². The highest BCUT2D eigenvalue weighted by Crippen LogP contribution is 2.15. The molecule has 146 valence electrons. The molecule has 0 unspecified atom stereocenters. The number of hydrogen-bond acceptors (Lipinski definition) is 5. The van der Waals surface area contributed by atoms with Crippen LogP contribution in [0.4, 0.5) is 0 Å². The third-order valence-electron chi connectivity index (χ3n) is 4.39. The van der Waals surface area contributed by atoms with Gasteiger partial charge in [0.25, 0.3) is 0 Å². The van der Waals surface area contributed by atoms with E-state index in [0.717, 1.165) is 23.7 Å². The summed E-state index contributed by atoms with van der Waals surface area (Å²) in [6.45, 7) is 4.65. The summed E-state index contributed by atoms with van der Waals surface area (Å²) in [7, 11) is 0. The van der Waals surface area contributed by atoms with Crippen molar-refractivity contribution in [1.82, 2.24) is 9.47 Å². The van der Waals surface area contributed by atoms with Crippen molar-refractivity contribution < 1.29 is 20.1 Å². The Kier molecular flexibility index (Phi) is 9.08. The predicted molar refractivity (Wildman–Crippen MR) is 103 cm³/mol. The van der Waals surface area contributed by atoms with E-state index >= 15 is 0 Å². The number of aromatic nitrogens is 1. The van der Waals surface area contributed by atoms with Crippen LogP contribution in [0.25, 0.3) is 10.9 Å². The normalized spacial score (nSPS) is 14.2. The topological polar surface area (TPSA) is 78.1 Å². The van der Waals surface area contributed by atoms with E-state index in [1.807, 2.05) is 46.0 Å².